The van der Waals surface area contributed by atoms with Crippen molar-refractivity contribution in [2.75, 3.05) is 33.3 Å². The molecule has 1 fully saturated rings. The maximum atomic E-state index is 12.2. The van der Waals surface area contributed by atoms with Crippen LogP contribution in [0.4, 0.5) is 0 Å². The fourth-order valence-electron chi connectivity index (χ4n) is 2.49. The van der Waals surface area contributed by atoms with Gasteiger partial charge in [0.25, 0.3) is 0 Å². The molecule has 1 heterocycles. The van der Waals surface area contributed by atoms with E-state index in [4.69, 9.17) is 4.74 Å². The lowest BCUT2D eigenvalue weighted by molar-refractivity contribution is -0.134. The van der Waals surface area contributed by atoms with Crippen LogP contribution in [0.25, 0.3) is 0 Å². The summed E-state index contributed by atoms with van der Waals surface area (Å²) in [5.41, 5.74) is 0. The summed E-state index contributed by atoms with van der Waals surface area (Å²) in [7, 11) is 1.89. The standard InChI is InChI=1S/C16H24N2O2/c1-18(16(19)14-7-5-10-17-13-14)11-6-12-20-15-8-3-2-4-9-15/h2-4,8-9,14,17H,5-7,10-13H2,1H3. The first-order valence-electron chi connectivity index (χ1n) is 7.41. The van der Waals surface area contributed by atoms with Crippen LogP contribution in [0.3, 0.4) is 0 Å². The minimum atomic E-state index is 0.156. The fourth-order valence-corrected chi connectivity index (χ4v) is 2.49. The molecule has 1 aliphatic rings. The maximum Gasteiger partial charge on any atom is 0.226 e. The van der Waals surface area contributed by atoms with Crippen molar-refractivity contribution >= 4 is 5.91 Å². The van der Waals surface area contributed by atoms with Crippen molar-refractivity contribution in [3.8, 4) is 5.75 Å². The summed E-state index contributed by atoms with van der Waals surface area (Å²) in [4.78, 5) is 14.0. The Morgan fingerprint density at radius 1 is 1.40 bits per heavy atom. The number of carbonyl (C=O) groups is 1. The second kappa shape index (κ2) is 7.90. The molecular weight excluding hydrogens is 252 g/mol. The molecule has 20 heavy (non-hydrogen) atoms. The van der Waals surface area contributed by atoms with Crippen molar-refractivity contribution in [1.82, 2.24) is 10.2 Å². The van der Waals surface area contributed by atoms with E-state index in [-0.39, 0.29) is 11.8 Å². The first-order chi connectivity index (χ1) is 9.77. The van der Waals surface area contributed by atoms with E-state index in [1.54, 1.807) is 0 Å². The molecule has 0 saturated carbocycles. The molecule has 1 aromatic rings. The van der Waals surface area contributed by atoms with Gasteiger partial charge in [0.2, 0.25) is 5.91 Å². The third-order valence-electron chi connectivity index (χ3n) is 3.67. The Morgan fingerprint density at radius 2 is 2.20 bits per heavy atom. The zero-order chi connectivity index (χ0) is 14.2. The average molecular weight is 276 g/mol. The zero-order valence-corrected chi connectivity index (χ0v) is 12.2. The molecule has 1 aliphatic heterocycles. The highest BCUT2D eigenvalue weighted by atomic mass is 16.5. The monoisotopic (exact) mass is 276 g/mol. The summed E-state index contributed by atoms with van der Waals surface area (Å²) < 4.78 is 5.63. The second-order valence-electron chi connectivity index (χ2n) is 5.32. The maximum absolute atomic E-state index is 12.2. The molecule has 0 bridgehead atoms. The smallest absolute Gasteiger partial charge is 0.226 e. The van der Waals surface area contributed by atoms with Crippen LogP contribution < -0.4 is 10.1 Å². The van der Waals surface area contributed by atoms with Crippen LogP contribution in [-0.4, -0.2) is 44.1 Å². The Bertz CT molecular complexity index is 402. The van der Waals surface area contributed by atoms with Crippen LogP contribution in [0, 0.1) is 5.92 Å². The molecule has 1 atom stereocenters. The molecule has 4 nitrogen and oxygen atoms in total. The molecule has 2 rings (SSSR count). The van der Waals surface area contributed by atoms with Crippen molar-refractivity contribution in [3.63, 3.8) is 0 Å². The summed E-state index contributed by atoms with van der Waals surface area (Å²) in [6.45, 7) is 3.26. The number of nitrogens with one attached hydrogen (secondary N) is 1. The lowest BCUT2D eigenvalue weighted by Gasteiger charge is -2.27. The van der Waals surface area contributed by atoms with E-state index in [9.17, 15) is 4.79 Å². The van der Waals surface area contributed by atoms with Gasteiger partial charge in [-0.1, -0.05) is 18.2 Å². The number of ether oxygens (including phenoxy) is 1. The van der Waals surface area contributed by atoms with Gasteiger partial charge in [0.1, 0.15) is 5.75 Å². The molecule has 0 aliphatic carbocycles. The minimum Gasteiger partial charge on any atom is -0.494 e. The number of benzene rings is 1. The van der Waals surface area contributed by atoms with Gasteiger partial charge < -0.3 is 15.0 Å². The first-order valence-corrected chi connectivity index (χ1v) is 7.41. The van der Waals surface area contributed by atoms with E-state index < -0.39 is 0 Å². The fraction of sp³-hybridized carbons (Fsp3) is 0.562. The highest BCUT2D eigenvalue weighted by Crippen LogP contribution is 2.13. The molecule has 1 aromatic carbocycles. The zero-order valence-electron chi connectivity index (χ0n) is 12.2. The Morgan fingerprint density at radius 3 is 2.90 bits per heavy atom. The molecule has 0 spiro atoms. The van der Waals surface area contributed by atoms with E-state index in [0.717, 1.165) is 44.6 Å². The largest absolute Gasteiger partial charge is 0.494 e. The molecule has 4 heteroatoms. The van der Waals surface area contributed by atoms with Crippen molar-refractivity contribution in [2.45, 2.75) is 19.3 Å². The van der Waals surface area contributed by atoms with E-state index in [1.165, 1.54) is 0 Å². The second-order valence-corrected chi connectivity index (χ2v) is 5.32. The Balaban J connectivity index is 1.64. The molecular formula is C16H24N2O2. The molecule has 110 valence electrons. The van der Waals surface area contributed by atoms with Crippen LogP contribution in [-0.2, 0) is 4.79 Å². The van der Waals surface area contributed by atoms with Gasteiger partial charge in [0.05, 0.1) is 12.5 Å². The number of carbonyl (C=O) groups excluding carboxylic acids is 1. The van der Waals surface area contributed by atoms with E-state index >= 15 is 0 Å². The van der Waals surface area contributed by atoms with Crippen molar-refractivity contribution in [1.29, 1.82) is 0 Å². The van der Waals surface area contributed by atoms with E-state index in [0.29, 0.717) is 6.61 Å². The Labute approximate surface area is 121 Å². The van der Waals surface area contributed by atoms with Crippen molar-refractivity contribution in [2.24, 2.45) is 5.92 Å². The van der Waals surface area contributed by atoms with Gasteiger partial charge in [-0.2, -0.15) is 0 Å². The molecule has 1 saturated heterocycles. The number of hydrogen-bond acceptors (Lipinski definition) is 3. The normalized spacial score (nSPS) is 18.6. The lowest BCUT2D eigenvalue weighted by atomic mass is 9.98. The summed E-state index contributed by atoms with van der Waals surface area (Å²) in [5, 5.41) is 3.29. The van der Waals surface area contributed by atoms with Gasteiger partial charge in [-0.15, -0.1) is 0 Å². The predicted molar refractivity (Wildman–Crippen MR) is 79.8 cm³/mol. The summed E-state index contributed by atoms with van der Waals surface area (Å²) in [6, 6.07) is 9.78. The van der Waals surface area contributed by atoms with Gasteiger partial charge in [-0.05, 0) is 37.9 Å². The summed E-state index contributed by atoms with van der Waals surface area (Å²) in [5.74, 6) is 1.30. The lowest BCUT2D eigenvalue weighted by Crippen LogP contribution is -2.41. The third kappa shape index (κ3) is 4.53. The number of amides is 1. The van der Waals surface area contributed by atoms with Gasteiger partial charge in [0.15, 0.2) is 0 Å². The van der Waals surface area contributed by atoms with Crippen LogP contribution in [0.5, 0.6) is 5.75 Å². The molecule has 1 unspecified atom stereocenters. The molecule has 0 radical (unpaired) electrons. The van der Waals surface area contributed by atoms with Gasteiger partial charge in [0, 0.05) is 20.1 Å². The summed E-state index contributed by atoms with van der Waals surface area (Å²) >= 11 is 0. The minimum absolute atomic E-state index is 0.156. The van der Waals surface area contributed by atoms with Crippen LogP contribution >= 0.6 is 0 Å². The molecule has 1 amide bonds. The van der Waals surface area contributed by atoms with E-state index in [2.05, 4.69) is 5.32 Å². The quantitative estimate of drug-likeness (QED) is 0.807. The predicted octanol–water partition coefficient (Wildman–Crippen LogP) is 1.91. The van der Waals surface area contributed by atoms with Crippen LogP contribution in [0.2, 0.25) is 0 Å². The van der Waals surface area contributed by atoms with Gasteiger partial charge >= 0.3 is 0 Å². The van der Waals surface area contributed by atoms with Gasteiger partial charge in [-0.25, -0.2) is 0 Å². The number of piperidine rings is 1. The Hall–Kier alpha value is -1.55. The molecule has 1 N–H and O–H groups in total. The highest BCUT2D eigenvalue weighted by Gasteiger charge is 2.23. The van der Waals surface area contributed by atoms with Crippen LogP contribution in [0.15, 0.2) is 30.3 Å². The summed E-state index contributed by atoms with van der Waals surface area (Å²) in [6.07, 6.45) is 2.97. The van der Waals surface area contributed by atoms with Crippen LogP contribution in [0.1, 0.15) is 19.3 Å². The number of nitrogens with zero attached hydrogens (tertiary/aromatic N) is 1. The highest BCUT2D eigenvalue weighted by molar-refractivity contribution is 5.78. The van der Waals surface area contributed by atoms with Crippen molar-refractivity contribution in [3.05, 3.63) is 30.3 Å². The van der Waals surface area contributed by atoms with Gasteiger partial charge in [-0.3, -0.25) is 4.79 Å². The third-order valence-corrected chi connectivity index (χ3v) is 3.67. The average Bonchev–Trinajstić information content (AvgIpc) is 2.52. The topological polar surface area (TPSA) is 41.6 Å². The number of rotatable bonds is 6. The first kappa shape index (κ1) is 14.9. The molecule has 0 aromatic heterocycles. The SMILES string of the molecule is CN(CCCOc1ccccc1)C(=O)C1CCCNC1. The number of hydrogen-bond donors (Lipinski definition) is 1. The Kier molecular flexibility index (Phi) is 5.87. The number of para-hydroxylation sites is 1. The van der Waals surface area contributed by atoms with E-state index in [1.807, 2.05) is 42.3 Å². The van der Waals surface area contributed by atoms with Crippen molar-refractivity contribution < 1.29 is 9.53 Å².